The Kier molecular flexibility index (Phi) is 5.48. The molecule has 7 heteroatoms. The number of carbonyl (C=O) groups is 1. The molecule has 0 saturated carbocycles. The van der Waals surface area contributed by atoms with Crippen LogP contribution >= 0.6 is 46.4 Å². The molecule has 0 aromatic heterocycles. The number of hydrogen-bond acceptors (Lipinski definition) is 2. The van der Waals surface area contributed by atoms with E-state index in [1.807, 2.05) is 0 Å². The van der Waals surface area contributed by atoms with E-state index in [0.29, 0.717) is 31.2 Å². The predicted molar refractivity (Wildman–Crippen MR) is 88.0 cm³/mol. The summed E-state index contributed by atoms with van der Waals surface area (Å²) in [7, 11) is 0. The van der Waals surface area contributed by atoms with Crippen molar-refractivity contribution in [2.45, 2.75) is 0 Å². The lowest BCUT2D eigenvalue weighted by molar-refractivity contribution is 0.0955. The third-order valence-corrected chi connectivity index (χ3v) is 3.82. The summed E-state index contributed by atoms with van der Waals surface area (Å²) >= 11 is 23.4. The van der Waals surface area contributed by atoms with E-state index in [1.165, 1.54) is 12.3 Å². The maximum Gasteiger partial charge on any atom is 0.271 e. The average molecular weight is 362 g/mol. The quantitative estimate of drug-likeness (QED) is 0.602. The number of nitrogens with zero attached hydrogens (tertiary/aromatic N) is 1. The molecular weight excluding hydrogens is 354 g/mol. The van der Waals surface area contributed by atoms with Crippen molar-refractivity contribution in [1.29, 1.82) is 0 Å². The molecule has 0 bridgehead atoms. The number of amides is 1. The van der Waals surface area contributed by atoms with Crippen molar-refractivity contribution >= 4 is 58.5 Å². The SMILES string of the molecule is O=C(N/N=C/c1ccc(Cl)cc1Cl)c1ccc(Cl)c(Cl)c1. The van der Waals surface area contributed by atoms with Crippen molar-refractivity contribution in [3.8, 4) is 0 Å². The summed E-state index contributed by atoms with van der Waals surface area (Å²) in [6, 6.07) is 9.51. The van der Waals surface area contributed by atoms with Crippen molar-refractivity contribution in [2.24, 2.45) is 5.10 Å². The van der Waals surface area contributed by atoms with Crippen LogP contribution in [-0.4, -0.2) is 12.1 Å². The molecule has 0 saturated heterocycles. The highest BCUT2D eigenvalue weighted by molar-refractivity contribution is 6.42. The first-order chi connectivity index (χ1) is 9.97. The normalized spacial score (nSPS) is 10.9. The summed E-state index contributed by atoms with van der Waals surface area (Å²) in [5, 5.41) is 5.48. The maximum atomic E-state index is 11.9. The van der Waals surface area contributed by atoms with E-state index in [4.69, 9.17) is 46.4 Å². The molecule has 0 aliphatic rings. The molecule has 0 heterocycles. The standard InChI is InChI=1S/C14H8Cl4N2O/c15-10-3-1-9(12(17)6-10)7-19-20-14(21)8-2-4-11(16)13(18)5-8/h1-7H,(H,20,21)/b19-7+. The van der Waals surface area contributed by atoms with Gasteiger partial charge in [-0.3, -0.25) is 4.79 Å². The summed E-state index contributed by atoms with van der Waals surface area (Å²) in [5.74, 6) is -0.407. The Morgan fingerprint density at radius 2 is 1.71 bits per heavy atom. The van der Waals surface area contributed by atoms with Gasteiger partial charge in [0.25, 0.3) is 5.91 Å². The van der Waals surface area contributed by atoms with Crippen molar-refractivity contribution in [2.75, 3.05) is 0 Å². The lowest BCUT2D eigenvalue weighted by Gasteiger charge is -2.02. The molecule has 0 radical (unpaired) electrons. The van der Waals surface area contributed by atoms with Crippen molar-refractivity contribution in [3.63, 3.8) is 0 Å². The zero-order valence-corrected chi connectivity index (χ0v) is 13.4. The molecule has 0 aliphatic carbocycles. The molecule has 3 nitrogen and oxygen atoms in total. The van der Waals surface area contributed by atoms with Crippen molar-refractivity contribution in [1.82, 2.24) is 5.43 Å². The first kappa shape index (κ1) is 16.1. The lowest BCUT2D eigenvalue weighted by atomic mass is 10.2. The number of hydrogen-bond donors (Lipinski definition) is 1. The molecule has 2 rings (SSSR count). The Morgan fingerprint density at radius 1 is 0.952 bits per heavy atom. The Balaban J connectivity index is 2.06. The molecule has 1 amide bonds. The second-order valence-electron chi connectivity index (χ2n) is 3.99. The molecule has 0 fully saturated rings. The molecule has 1 N–H and O–H groups in total. The average Bonchev–Trinajstić information content (AvgIpc) is 2.44. The van der Waals surface area contributed by atoms with Gasteiger partial charge in [-0.05, 0) is 30.3 Å². The summed E-state index contributed by atoms with van der Waals surface area (Å²) in [6.07, 6.45) is 1.42. The maximum absolute atomic E-state index is 11.9. The van der Waals surface area contributed by atoms with Gasteiger partial charge in [0.15, 0.2) is 0 Å². The van der Waals surface area contributed by atoms with Crippen LogP contribution in [0.3, 0.4) is 0 Å². The van der Waals surface area contributed by atoms with E-state index < -0.39 is 5.91 Å². The fourth-order valence-corrected chi connectivity index (χ4v) is 2.22. The van der Waals surface area contributed by atoms with E-state index in [2.05, 4.69) is 10.5 Å². The highest BCUT2D eigenvalue weighted by Crippen LogP contribution is 2.22. The fraction of sp³-hybridized carbons (Fsp3) is 0. The molecular formula is C14H8Cl4N2O. The van der Waals surface area contributed by atoms with Crippen LogP contribution in [-0.2, 0) is 0 Å². The van der Waals surface area contributed by atoms with Crippen LogP contribution in [0.1, 0.15) is 15.9 Å². The number of halogens is 4. The first-order valence-electron chi connectivity index (χ1n) is 5.71. The van der Waals surface area contributed by atoms with Crippen LogP contribution in [0.15, 0.2) is 41.5 Å². The Bertz CT molecular complexity index is 716. The molecule has 0 unspecified atom stereocenters. The van der Waals surface area contributed by atoms with Gasteiger partial charge >= 0.3 is 0 Å². The van der Waals surface area contributed by atoms with Gasteiger partial charge in [0, 0.05) is 16.1 Å². The van der Waals surface area contributed by atoms with E-state index >= 15 is 0 Å². The molecule has 21 heavy (non-hydrogen) atoms. The third kappa shape index (κ3) is 4.35. The van der Waals surface area contributed by atoms with Gasteiger partial charge in [0.1, 0.15) is 0 Å². The van der Waals surface area contributed by atoms with E-state index in [9.17, 15) is 4.79 Å². The minimum atomic E-state index is -0.407. The van der Waals surface area contributed by atoms with Gasteiger partial charge in [0.05, 0.1) is 21.3 Å². The largest absolute Gasteiger partial charge is 0.271 e. The molecule has 0 atom stereocenters. The van der Waals surface area contributed by atoms with E-state index in [0.717, 1.165) is 0 Å². The highest BCUT2D eigenvalue weighted by Gasteiger charge is 2.07. The molecule has 108 valence electrons. The van der Waals surface area contributed by atoms with Gasteiger partial charge in [-0.1, -0.05) is 52.5 Å². The smallest absolute Gasteiger partial charge is 0.267 e. The molecule has 2 aromatic carbocycles. The van der Waals surface area contributed by atoms with Crippen LogP contribution in [0.2, 0.25) is 20.1 Å². The van der Waals surface area contributed by atoms with Crippen LogP contribution in [0.25, 0.3) is 0 Å². The van der Waals surface area contributed by atoms with Gasteiger partial charge in [-0.25, -0.2) is 5.43 Å². The zero-order valence-electron chi connectivity index (χ0n) is 10.4. The van der Waals surface area contributed by atoms with Gasteiger partial charge in [0.2, 0.25) is 0 Å². The van der Waals surface area contributed by atoms with Crippen LogP contribution < -0.4 is 5.43 Å². The fourth-order valence-electron chi connectivity index (χ4n) is 1.47. The second kappa shape index (κ2) is 7.14. The minimum absolute atomic E-state index is 0.300. The van der Waals surface area contributed by atoms with Gasteiger partial charge in [-0.2, -0.15) is 5.10 Å². The molecule has 0 spiro atoms. The summed E-state index contributed by atoms with van der Waals surface area (Å²) in [5.41, 5.74) is 3.36. The van der Waals surface area contributed by atoms with E-state index in [1.54, 1.807) is 30.3 Å². The van der Waals surface area contributed by atoms with Crippen LogP contribution in [0.5, 0.6) is 0 Å². The monoisotopic (exact) mass is 360 g/mol. The van der Waals surface area contributed by atoms with Crippen LogP contribution in [0, 0.1) is 0 Å². The topological polar surface area (TPSA) is 41.5 Å². The molecule has 2 aromatic rings. The summed E-state index contributed by atoms with van der Waals surface area (Å²) in [4.78, 5) is 11.9. The van der Waals surface area contributed by atoms with Gasteiger partial charge in [-0.15, -0.1) is 0 Å². The molecule has 0 aliphatic heterocycles. The zero-order chi connectivity index (χ0) is 15.4. The van der Waals surface area contributed by atoms with Gasteiger partial charge < -0.3 is 0 Å². The third-order valence-electron chi connectivity index (χ3n) is 2.51. The minimum Gasteiger partial charge on any atom is -0.267 e. The highest BCUT2D eigenvalue weighted by atomic mass is 35.5. The first-order valence-corrected chi connectivity index (χ1v) is 7.22. The predicted octanol–water partition coefficient (Wildman–Crippen LogP) is 5.06. The Morgan fingerprint density at radius 3 is 2.38 bits per heavy atom. The number of rotatable bonds is 3. The lowest BCUT2D eigenvalue weighted by Crippen LogP contribution is -2.17. The number of nitrogens with one attached hydrogen (secondary N) is 1. The van der Waals surface area contributed by atoms with E-state index in [-0.39, 0.29) is 0 Å². The number of carbonyl (C=O) groups excluding carboxylic acids is 1. The number of benzene rings is 2. The Labute approximate surface area is 141 Å². The van der Waals surface area contributed by atoms with Crippen molar-refractivity contribution < 1.29 is 4.79 Å². The van der Waals surface area contributed by atoms with Crippen molar-refractivity contribution in [3.05, 3.63) is 67.6 Å². The number of hydrazone groups is 1. The van der Waals surface area contributed by atoms with Crippen LogP contribution in [0.4, 0.5) is 0 Å². The Hall–Kier alpha value is -1.26. The summed E-state index contributed by atoms with van der Waals surface area (Å²) < 4.78 is 0. The second-order valence-corrected chi connectivity index (χ2v) is 5.65. The summed E-state index contributed by atoms with van der Waals surface area (Å²) in [6.45, 7) is 0.